The number of benzene rings is 1. The zero-order chi connectivity index (χ0) is 19.5. The summed E-state index contributed by atoms with van der Waals surface area (Å²) in [5.74, 6) is 0.437. The molecule has 1 aromatic carbocycles. The number of amides is 1. The number of aliphatic hydroxyl groups excluding tert-OH is 1. The summed E-state index contributed by atoms with van der Waals surface area (Å²) in [6, 6.07) is 10.1. The summed E-state index contributed by atoms with van der Waals surface area (Å²) in [5.41, 5.74) is 1.12. The minimum atomic E-state index is -0.0594. The normalized spacial score (nSPS) is 18.2. The van der Waals surface area contributed by atoms with E-state index in [-0.39, 0.29) is 18.4 Å². The maximum atomic E-state index is 12.8. The summed E-state index contributed by atoms with van der Waals surface area (Å²) >= 11 is 0. The lowest BCUT2D eigenvalue weighted by Gasteiger charge is -2.34. The van der Waals surface area contributed by atoms with Crippen LogP contribution in [0.1, 0.15) is 44.6 Å². The van der Waals surface area contributed by atoms with E-state index in [0.717, 1.165) is 70.6 Å². The van der Waals surface area contributed by atoms with Crippen molar-refractivity contribution < 1.29 is 9.90 Å². The molecule has 1 saturated heterocycles. The van der Waals surface area contributed by atoms with Crippen LogP contribution in [-0.4, -0.2) is 73.2 Å². The van der Waals surface area contributed by atoms with Crippen molar-refractivity contribution in [2.45, 2.75) is 39.0 Å². The Balaban J connectivity index is 1.67. The Labute approximate surface area is 164 Å². The summed E-state index contributed by atoms with van der Waals surface area (Å²) in [5, 5.41) is 12.2. The largest absolute Gasteiger partial charge is 0.395 e. The van der Waals surface area contributed by atoms with Gasteiger partial charge in [0, 0.05) is 39.3 Å². The van der Waals surface area contributed by atoms with Gasteiger partial charge in [0.2, 0.25) is 5.91 Å². The molecule has 2 N–H and O–H groups in total. The SMILES string of the molecule is CC[C@H](C)[C@H](C(=O)NCCCCN1CCN(CCO)CC1)c1ccccc1. The highest BCUT2D eigenvalue weighted by atomic mass is 16.3. The van der Waals surface area contributed by atoms with E-state index in [1.807, 2.05) is 18.2 Å². The average Bonchev–Trinajstić information content (AvgIpc) is 2.70. The van der Waals surface area contributed by atoms with Gasteiger partial charge in [-0.15, -0.1) is 0 Å². The first-order chi connectivity index (χ1) is 13.2. The van der Waals surface area contributed by atoms with E-state index in [4.69, 9.17) is 5.11 Å². The fraction of sp³-hybridized carbons (Fsp3) is 0.682. The van der Waals surface area contributed by atoms with Gasteiger partial charge >= 0.3 is 0 Å². The summed E-state index contributed by atoms with van der Waals surface area (Å²) in [6.07, 6.45) is 3.12. The second-order valence-electron chi connectivity index (χ2n) is 7.68. The molecular weight excluding hydrogens is 338 g/mol. The second kappa shape index (κ2) is 12.1. The predicted octanol–water partition coefficient (Wildman–Crippen LogP) is 2.32. The highest BCUT2D eigenvalue weighted by Gasteiger charge is 2.25. The number of unbranched alkanes of at least 4 members (excludes halogenated alkanes) is 1. The van der Waals surface area contributed by atoms with E-state index < -0.39 is 0 Å². The van der Waals surface area contributed by atoms with Gasteiger partial charge in [-0.05, 0) is 30.9 Å². The van der Waals surface area contributed by atoms with Crippen molar-refractivity contribution in [1.29, 1.82) is 0 Å². The van der Waals surface area contributed by atoms with Crippen LogP contribution in [0.5, 0.6) is 0 Å². The summed E-state index contributed by atoms with van der Waals surface area (Å²) in [7, 11) is 0. The number of β-amino-alcohol motifs (C(OH)–C–C–N with tert-alkyl or cyclic N) is 1. The van der Waals surface area contributed by atoms with Gasteiger partial charge < -0.3 is 15.3 Å². The zero-order valence-electron chi connectivity index (χ0n) is 17.1. The van der Waals surface area contributed by atoms with Crippen LogP contribution in [0.2, 0.25) is 0 Å². The molecule has 1 heterocycles. The van der Waals surface area contributed by atoms with Gasteiger partial charge in [-0.25, -0.2) is 0 Å². The van der Waals surface area contributed by atoms with Crippen molar-refractivity contribution in [2.24, 2.45) is 5.92 Å². The van der Waals surface area contributed by atoms with Crippen LogP contribution < -0.4 is 5.32 Å². The molecule has 1 aliphatic rings. The van der Waals surface area contributed by atoms with Crippen molar-refractivity contribution in [3.05, 3.63) is 35.9 Å². The number of nitrogens with one attached hydrogen (secondary N) is 1. The molecule has 5 heteroatoms. The van der Waals surface area contributed by atoms with Crippen LogP contribution in [0, 0.1) is 5.92 Å². The van der Waals surface area contributed by atoms with Gasteiger partial charge in [-0.1, -0.05) is 50.6 Å². The van der Waals surface area contributed by atoms with E-state index in [1.165, 1.54) is 0 Å². The first-order valence-electron chi connectivity index (χ1n) is 10.5. The lowest BCUT2D eigenvalue weighted by atomic mass is 9.85. The fourth-order valence-electron chi connectivity index (χ4n) is 3.79. The van der Waals surface area contributed by atoms with Gasteiger partial charge in [0.15, 0.2) is 0 Å². The lowest BCUT2D eigenvalue weighted by molar-refractivity contribution is -0.123. The molecule has 0 aromatic heterocycles. The topological polar surface area (TPSA) is 55.8 Å². The average molecular weight is 376 g/mol. The van der Waals surface area contributed by atoms with Crippen molar-refractivity contribution in [1.82, 2.24) is 15.1 Å². The molecule has 0 unspecified atom stereocenters. The molecule has 0 aliphatic carbocycles. The molecule has 27 heavy (non-hydrogen) atoms. The predicted molar refractivity (Wildman–Crippen MR) is 111 cm³/mol. The second-order valence-corrected chi connectivity index (χ2v) is 7.68. The van der Waals surface area contributed by atoms with Crippen LogP contribution in [0.3, 0.4) is 0 Å². The Morgan fingerprint density at radius 1 is 1.07 bits per heavy atom. The van der Waals surface area contributed by atoms with Crippen LogP contribution in [0.15, 0.2) is 30.3 Å². The van der Waals surface area contributed by atoms with Crippen LogP contribution in [0.4, 0.5) is 0 Å². The maximum Gasteiger partial charge on any atom is 0.227 e. The van der Waals surface area contributed by atoms with E-state index >= 15 is 0 Å². The minimum Gasteiger partial charge on any atom is -0.395 e. The Kier molecular flexibility index (Phi) is 9.81. The Bertz CT molecular complexity index is 530. The number of carbonyl (C=O) groups excluding carboxylic acids is 1. The number of hydrogen-bond acceptors (Lipinski definition) is 4. The molecule has 0 bridgehead atoms. The van der Waals surface area contributed by atoms with Crippen molar-refractivity contribution in [3.8, 4) is 0 Å². The number of nitrogens with zero attached hydrogens (tertiary/aromatic N) is 2. The number of rotatable bonds is 11. The monoisotopic (exact) mass is 375 g/mol. The number of hydrogen-bond donors (Lipinski definition) is 2. The van der Waals surface area contributed by atoms with Crippen LogP contribution in [0.25, 0.3) is 0 Å². The fourth-order valence-corrected chi connectivity index (χ4v) is 3.79. The lowest BCUT2D eigenvalue weighted by Crippen LogP contribution is -2.47. The molecule has 152 valence electrons. The Hall–Kier alpha value is -1.43. The maximum absolute atomic E-state index is 12.8. The van der Waals surface area contributed by atoms with Gasteiger partial charge in [0.05, 0.1) is 12.5 Å². The number of carbonyl (C=O) groups is 1. The first kappa shape index (κ1) is 21.9. The number of aliphatic hydroxyl groups is 1. The van der Waals surface area contributed by atoms with E-state index in [1.54, 1.807) is 0 Å². The Morgan fingerprint density at radius 3 is 2.30 bits per heavy atom. The molecule has 2 rings (SSSR count). The standard InChI is InChI=1S/C22H37N3O2/c1-3-19(2)21(20-9-5-4-6-10-20)22(27)23-11-7-8-12-24-13-15-25(16-14-24)17-18-26/h4-6,9-10,19,21,26H,3,7-8,11-18H2,1-2H3,(H,23,27)/t19-,21-/m0/s1. The molecule has 1 aromatic rings. The van der Waals surface area contributed by atoms with Gasteiger partial charge in [0.25, 0.3) is 0 Å². The minimum absolute atomic E-state index is 0.0594. The van der Waals surface area contributed by atoms with Crippen molar-refractivity contribution in [2.75, 3.05) is 52.4 Å². The van der Waals surface area contributed by atoms with Gasteiger partial charge in [0.1, 0.15) is 0 Å². The summed E-state index contributed by atoms with van der Waals surface area (Å²) in [6.45, 7) is 11.4. The van der Waals surface area contributed by atoms with Crippen molar-refractivity contribution in [3.63, 3.8) is 0 Å². The molecule has 1 aliphatic heterocycles. The third kappa shape index (κ3) is 7.24. The van der Waals surface area contributed by atoms with Gasteiger partial charge in [-0.2, -0.15) is 0 Å². The third-order valence-corrected chi connectivity index (χ3v) is 5.74. The summed E-state index contributed by atoms with van der Waals surface area (Å²) in [4.78, 5) is 17.6. The molecular formula is C22H37N3O2. The van der Waals surface area contributed by atoms with Crippen molar-refractivity contribution >= 4 is 5.91 Å². The highest BCUT2D eigenvalue weighted by molar-refractivity contribution is 5.83. The smallest absolute Gasteiger partial charge is 0.227 e. The third-order valence-electron chi connectivity index (χ3n) is 5.74. The highest BCUT2D eigenvalue weighted by Crippen LogP contribution is 2.27. The van der Waals surface area contributed by atoms with E-state index in [9.17, 15) is 4.79 Å². The molecule has 0 saturated carbocycles. The van der Waals surface area contributed by atoms with Crippen LogP contribution in [-0.2, 0) is 4.79 Å². The molecule has 0 radical (unpaired) electrons. The zero-order valence-corrected chi connectivity index (χ0v) is 17.1. The van der Waals surface area contributed by atoms with E-state index in [2.05, 4.69) is 41.1 Å². The number of piperazine rings is 1. The van der Waals surface area contributed by atoms with E-state index in [0.29, 0.717) is 5.92 Å². The Morgan fingerprint density at radius 2 is 1.70 bits per heavy atom. The summed E-state index contributed by atoms with van der Waals surface area (Å²) < 4.78 is 0. The molecule has 1 amide bonds. The molecule has 1 fully saturated rings. The molecule has 2 atom stereocenters. The quantitative estimate of drug-likeness (QED) is 0.583. The first-order valence-corrected chi connectivity index (χ1v) is 10.5. The molecule has 0 spiro atoms. The van der Waals surface area contributed by atoms with Gasteiger partial charge in [-0.3, -0.25) is 9.69 Å². The molecule has 5 nitrogen and oxygen atoms in total. The van der Waals surface area contributed by atoms with Crippen LogP contribution >= 0.6 is 0 Å².